The quantitative estimate of drug-likeness (QED) is 0.0404. The molecule has 0 aromatic carbocycles. The van der Waals surface area contributed by atoms with Gasteiger partial charge in [0.25, 0.3) is 0 Å². The SMILES string of the molecule is CCCCCCCC[C@H](NC(=O)C(C)(C)NC(=O)C(C)(C)NC(=O)C1(NC(=O)[C@@H]2CCCN2C(=O)CCC)CCCCC1)C(=O)N[C@@H](CC(C)C)C(=O)NC(C)(C)C(=O)N[C@@H](CC(C)C)C(=O)NCCC(=O)N[C@@H](C)CNCCO. The Kier molecular flexibility index (Phi) is 30.2. The minimum absolute atomic E-state index is 0.00350. The lowest BCUT2D eigenvalue weighted by atomic mass is 9.80. The van der Waals surface area contributed by atoms with Gasteiger partial charge in [0.2, 0.25) is 59.1 Å². The third-order valence-electron chi connectivity index (χ3n) is 14.8. The summed E-state index contributed by atoms with van der Waals surface area (Å²) in [6.07, 6.45) is 11.0. The highest BCUT2D eigenvalue weighted by atomic mass is 16.3. The Balaban J connectivity index is 2.25. The molecule has 1 heterocycles. The lowest BCUT2D eigenvalue weighted by Crippen LogP contribution is -2.68. The highest BCUT2D eigenvalue weighted by Gasteiger charge is 2.47. The second-order valence-corrected chi connectivity index (χ2v) is 24.8. The van der Waals surface area contributed by atoms with Gasteiger partial charge in [-0.15, -0.1) is 0 Å². The summed E-state index contributed by atoms with van der Waals surface area (Å²) >= 11 is 0. The summed E-state index contributed by atoms with van der Waals surface area (Å²) in [7, 11) is 0. The molecule has 2 fully saturated rings. The fourth-order valence-electron chi connectivity index (χ4n) is 9.96. The van der Waals surface area contributed by atoms with Crippen LogP contribution in [0.25, 0.3) is 0 Å². The zero-order valence-corrected chi connectivity index (χ0v) is 51.0. The average molecular weight is 1130 g/mol. The topological polar surface area (TPSA) is 314 Å². The molecule has 5 atom stereocenters. The normalized spacial score (nSPS) is 17.1. The Bertz CT molecular complexity index is 2060. The number of hydrogen-bond acceptors (Lipinski definition) is 12. The van der Waals surface area contributed by atoms with Gasteiger partial charge in [0.15, 0.2) is 0 Å². The first-order chi connectivity index (χ1) is 37.4. The van der Waals surface area contributed by atoms with Gasteiger partial charge in [-0.1, -0.05) is 99.3 Å². The van der Waals surface area contributed by atoms with Crippen LogP contribution in [0.5, 0.6) is 0 Å². The van der Waals surface area contributed by atoms with Crippen LogP contribution < -0.4 is 53.2 Å². The second-order valence-electron chi connectivity index (χ2n) is 24.8. The maximum absolute atomic E-state index is 14.4. The summed E-state index contributed by atoms with van der Waals surface area (Å²) in [5.74, 6) is -5.30. The van der Waals surface area contributed by atoms with Crippen LogP contribution >= 0.6 is 0 Å². The summed E-state index contributed by atoms with van der Waals surface area (Å²) in [6, 6.07) is -4.18. The summed E-state index contributed by atoms with van der Waals surface area (Å²) in [4.78, 5) is 140. The first-order valence-corrected chi connectivity index (χ1v) is 29.8. The van der Waals surface area contributed by atoms with E-state index in [-0.39, 0.29) is 68.5 Å². The summed E-state index contributed by atoms with van der Waals surface area (Å²) in [5, 5.41) is 37.4. The van der Waals surface area contributed by atoms with Crippen LogP contribution in [0.15, 0.2) is 0 Å². The number of unbranched alkanes of at least 4 members (excludes halogenated alkanes) is 5. The van der Waals surface area contributed by atoms with Crippen molar-refractivity contribution in [2.75, 3.05) is 32.8 Å². The monoisotopic (exact) mass is 1130 g/mol. The van der Waals surface area contributed by atoms with Crippen LogP contribution in [0, 0.1) is 11.8 Å². The number of rotatable bonds is 36. The number of aliphatic hydroxyl groups excluding tert-OH is 1. The largest absolute Gasteiger partial charge is 0.395 e. The summed E-state index contributed by atoms with van der Waals surface area (Å²) in [5.41, 5.74) is -6.11. The maximum Gasteiger partial charge on any atom is 0.246 e. The fourth-order valence-corrected chi connectivity index (χ4v) is 9.96. The van der Waals surface area contributed by atoms with E-state index < -0.39 is 93.6 Å². The molecule has 22 heteroatoms. The van der Waals surface area contributed by atoms with Crippen LogP contribution in [-0.4, -0.2) is 154 Å². The number of likely N-dealkylation sites (tertiary alicyclic amines) is 1. The number of nitrogens with one attached hydrogen (secondary N) is 10. The van der Waals surface area contributed by atoms with Gasteiger partial charge in [0.1, 0.15) is 46.3 Å². The number of amides is 10. The number of aliphatic hydroxyl groups is 1. The van der Waals surface area contributed by atoms with E-state index in [1.165, 1.54) is 41.5 Å². The van der Waals surface area contributed by atoms with Gasteiger partial charge in [-0.2, -0.15) is 0 Å². The van der Waals surface area contributed by atoms with E-state index in [1.54, 1.807) is 4.90 Å². The van der Waals surface area contributed by atoms with E-state index >= 15 is 0 Å². The first-order valence-electron chi connectivity index (χ1n) is 29.8. The lowest BCUT2D eigenvalue weighted by molar-refractivity contribution is -0.144. The van der Waals surface area contributed by atoms with Crippen molar-refractivity contribution in [3.8, 4) is 0 Å². The van der Waals surface area contributed by atoms with Crippen LogP contribution in [0.1, 0.15) is 212 Å². The summed E-state index contributed by atoms with van der Waals surface area (Å²) in [6.45, 7) is 23.6. The van der Waals surface area contributed by atoms with Crippen molar-refractivity contribution in [2.24, 2.45) is 11.8 Å². The minimum Gasteiger partial charge on any atom is -0.395 e. The molecule has 80 heavy (non-hydrogen) atoms. The Morgan fingerprint density at radius 2 is 1.15 bits per heavy atom. The van der Waals surface area contributed by atoms with Crippen molar-refractivity contribution < 1.29 is 53.1 Å². The molecule has 1 saturated heterocycles. The second kappa shape index (κ2) is 34.2. The fraction of sp³-hybridized carbons (Fsp3) is 0.828. The lowest BCUT2D eigenvalue weighted by Gasteiger charge is -2.40. The molecule has 1 aliphatic heterocycles. The Hall–Kier alpha value is -5.38. The zero-order valence-electron chi connectivity index (χ0n) is 51.0. The number of carbonyl (C=O) groups excluding carboxylic acids is 10. The van der Waals surface area contributed by atoms with Crippen LogP contribution in [-0.2, 0) is 47.9 Å². The zero-order chi connectivity index (χ0) is 60.4. The molecule has 0 radical (unpaired) electrons. The smallest absolute Gasteiger partial charge is 0.246 e. The molecule has 0 aromatic rings. The van der Waals surface area contributed by atoms with Crippen LogP contribution in [0.4, 0.5) is 0 Å². The van der Waals surface area contributed by atoms with Crippen molar-refractivity contribution in [3.05, 3.63) is 0 Å². The molecule has 0 bridgehead atoms. The molecule has 2 rings (SSSR count). The standard InChI is InChI=1S/C58H105N11O11/c1-14-16-17-18-19-21-26-41(63-52(78)56(10,11)67-53(79)57(12,13)68-54(80)58(29-22-20-23-30-58)66-50(76)44-27-24-33-69(44)46(72)25-15-2)48(74)62-43(36-39(5)6)49(75)65-55(8,9)51(77)64-42(35-38(3)4)47(73)60-31-28-45(71)61-40(7)37-59-32-34-70/h38-44,59,70H,14-37H2,1-13H3,(H,60,73)(H,61,71)(H,62,74)(H,63,78)(H,64,77)(H,65,75)(H,66,76)(H,67,79)(H,68,80)/t40-,41-,42-,43-,44-/m0/s1. The first kappa shape index (κ1) is 70.7. The van der Waals surface area contributed by atoms with E-state index in [0.29, 0.717) is 77.4 Å². The summed E-state index contributed by atoms with van der Waals surface area (Å²) < 4.78 is 0. The molecule has 10 amide bonds. The third kappa shape index (κ3) is 24.0. The molecule has 0 aromatic heterocycles. The van der Waals surface area contributed by atoms with Gasteiger partial charge in [-0.3, -0.25) is 47.9 Å². The van der Waals surface area contributed by atoms with E-state index in [4.69, 9.17) is 5.11 Å². The van der Waals surface area contributed by atoms with Crippen molar-refractivity contribution in [1.29, 1.82) is 0 Å². The molecule has 0 unspecified atom stereocenters. The van der Waals surface area contributed by atoms with Gasteiger partial charge in [0, 0.05) is 45.1 Å². The number of nitrogens with zero attached hydrogens (tertiary/aromatic N) is 1. The molecule has 2 aliphatic rings. The van der Waals surface area contributed by atoms with Gasteiger partial charge in [-0.05, 0) is 112 Å². The van der Waals surface area contributed by atoms with E-state index in [0.717, 1.165) is 38.5 Å². The van der Waals surface area contributed by atoms with E-state index in [2.05, 4.69) is 60.1 Å². The number of carbonyl (C=O) groups is 10. The van der Waals surface area contributed by atoms with Crippen molar-refractivity contribution in [2.45, 2.75) is 264 Å². The molecule has 22 nitrogen and oxygen atoms in total. The highest BCUT2D eigenvalue weighted by molar-refractivity contribution is 6.01. The van der Waals surface area contributed by atoms with Crippen LogP contribution in [0.2, 0.25) is 0 Å². The molecule has 0 spiro atoms. The van der Waals surface area contributed by atoms with Gasteiger partial charge in [0.05, 0.1) is 6.61 Å². The highest BCUT2D eigenvalue weighted by Crippen LogP contribution is 2.31. The van der Waals surface area contributed by atoms with Gasteiger partial charge < -0.3 is 63.2 Å². The predicted octanol–water partition coefficient (Wildman–Crippen LogP) is 3.17. The van der Waals surface area contributed by atoms with E-state index in [1.807, 2.05) is 41.5 Å². The molecule has 11 N–H and O–H groups in total. The molecule has 1 aliphatic carbocycles. The Labute approximate surface area is 477 Å². The van der Waals surface area contributed by atoms with Crippen molar-refractivity contribution in [1.82, 2.24) is 58.1 Å². The number of hydrogen-bond donors (Lipinski definition) is 11. The maximum atomic E-state index is 14.4. The van der Waals surface area contributed by atoms with Gasteiger partial charge >= 0.3 is 0 Å². The van der Waals surface area contributed by atoms with Gasteiger partial charge in [-0.25, -0.2) is 0 Å². The molecular weight excluding hydrogens is 1030 g/mol. The average Bonchev–Trinajstić information content (AvgIpc) is 3.87. The molecular formula is C58H105N11O11. The predicted molar refractivity (Wildman–Crippen MR) is 308 cm³/mol. The minimum atomic E-state index is -1.63. The molecule has 1 saturated carbocycles. The van der Waals surface area contributed by atoms with Crippen molar-refractivity contribution >= 4 is 59.1 Å². The Morgan fingerprint density at radius 1 is 0.588 bits per heavy atom. The van der Waals surface area contributed by atoms with Crippen molar-refractivity contribution in [3.63, 3.8) is 0 Å². The molecule has 458 valence electrons. The third-order valence-corrected chi connectivity index (χ3v) is 14.8. The van der Waals surface area contributed by atoms with Crippen LogP contribution in [0.3, 0.4) is 0 Å². The Morgan fingerprint density at radius 3 is 1.74 bits per heavy atom. The van der Waals surface area contributed by atoms with E-state index in [9.17, 15) is 47.9 Å².